The van der Waals surface area contributed by atoms with Crippen molar-refractivity contribution >= 4 is 28.3 Å². The van der Waals surface area contributed by atoms with E-state index in [0.29, 0.717) is 0 Å². The van der Waals surface area contributed by atoms with Crippen LogP contribution < -0.4 is 0 Å². The average Bonchev–Trinajstić information content (AvgIpc) is 2.16. The fourth-order valence-electron chi connectivity index (χ4n) is 1.21. The zero-order valence-electron chi connectivity index (χ0n) is 10.3. The molecule has 1 nitrogen and oxygen atoms in total. The van der Waals surface area contributed by atoms with Gasteiger partial charge in [-0.1, -0.05) is 68.7 Å². The van der Waals surface area contributed by atoms with E-state index in [0.717, 1.165) is 11.1 Å². The molecule has 1 aromatic rings. The van der Waals surface area contributed by atoms with Crippen LogP contribution in [0.25, 0.3) is 0 Å². The number of benzene rings is 1. The Morgan fingerprint density at radius 1 is 1.19 bits per heavy atom. The van der Waals surface area contributed by atoms with E-state index in [-0.39, 0.29) is 4.75 Å². The van der Waals surface area contributed by atoms with Crippen LogP contribution in [0.5, 0.6) is 0 Å². The first kappa shape index (κ1) is 14.2. The van der Waals surface area contributed by atoms with Crippen LogP contribution >= 0.6 is 28.3 Å². The van der Waals surface area contributed by atoms with Crippen molar-refractivity contribution in [2.75, 3.05) is 6.16 Å². The van der Waals surface area contributed by atoms with Crippen molar-refractivity contribution in [2.45, 2.75) is 37.3 Å². The summed E-state index contributed by atoms with van der Waals surface area (Å²) in [6.07, 6.45) is 0.731. The summed E-state index contributed by atoms with van der Waals surface area (Å²) in [6, 6.07) is 10.0. The lowest BCUT2D eigenvalue weighted by Crippen LogP contribution is -2.06. The molecule has 1 atom stereocenters. The van der Waals surface area contributed by atoms with Crippen LogP contribution in [0.4, 0.5) is 0 Å². The van der Waals surface area contributed by atoms with Gasteiger partial charge < -0.3 is 4.57 Å². The summed E-state index contributed by atoms with van der Waals surface area (Å²) in [7, 11) is 0. The highest BCUT2D eigenvalue weighted by Gasteiger charge is 2.28. The van der Waals surface area contributed by atoms with Crippen molar-refractivity contribution in [1.29, 1.82) is 0 Å². The molecule has 4 heteroatoms. The summed E-state index contributed by atoms with van der Waals surface area (Å²) in [5.41, 5.74) is -2.21. The molecule has 16 heavy (non-hydrogen) atoms. The molecule has 0 aromatic heterocycles. The van der Waals surface area contributed by atoms with Crippen molar-refractivity contribution in [1.82, 2.24) is 0 Å². The largest absolute Gasteiger partial charge is 0.300 e. The molecule has 0 saturated heterocycles. The number of hydrogen-bond donors (Lipinski definition) is 0. The van der Waals surface area contributed by atoms with Crippen LogP contribution in [-0.2, 0) is 4.57 Å². The molecule has 90 valence electrons. The standard InChI is InChI=1S/C12H19OPS2/c1-5-14(13,16-12(2,3)4)15-11-9-7-6-8-10-11/h6-10H,5H2,1-4H3. The van der Waals surface area contributed by atoms with Crippen molar-refractivity contribution in [2.24, 2.45) is 0 Å². The van der Waals surface area contributed by atoms with E-state index in [2.05, 4.69) is 20.8 Å². The predicted molar refractivity (Wildman–Crippen MR) is 77.8 cm³/mol. The lowest BCUT2D eigenvalue weighted by atomic mass is 10.3. The second kappa shape index (κ2) is 5.66. The summed E-state index contributed by atoms with van der Waals surface area (Å²) in [5.74, 6) is 0. The molecule has 0 fully saturated rings. The molecule has 1 aromatic carbocycles. The fourth-order valence-corrected chi connectivity index (χ4v) is 10.8. The Labute approximate surface area is 107 Å². The highest BCUT2D eigenvalue weighted by Crippen LogP contribution is 2.73. The second-order valence-electron chi connectivity index (χ2n) is 4.54. The molecule has 0 heterocycles. The number of rotatable bonds is 4. The monoisotopic (exact) mass is 274 g/mol. The highest BCUT2D eigenvalue weighted by molar-refractivity contribution is 8.90. The molecule has 0 spiro atoms. The highest BCUT2D eigenvalue weighted by atomic mass is 33.1. The second-order valence-corrected chi connectivity index (χ2v) is 13.8. The molecular weight excluding hydrogens is 255 g/mol. The molecule has 0 radical (unpaired) electrons. The predicted octanol–water partition coefficient (Wildman–Crippen LogP) is 5.52. The van der Waals surface area contributed by atoms with Crippen LogP contribution in [-0.4, -0.2) is 10.9 Å². The van der Waals surface area contributed by atoms with Gasteiger partial charge in [0.15, 0.2) is 5.55 Å². The molecule has 0 bridgehead atoms. The maximum absolute atomic E-state index is 12.7. The first-order valence-electron chi connectivity index (χ1n) is 5.39. The van der Waals surface area contributed by atoms with Crippen molar-refractivity contribution in [3.63, 3.8) is 0 Å². The van der Waals surface area contributed by atoms with Gasteiger partial charge in [0.1, 0.15) is 0 Å². The van der Waals surface area contributed by atoms with E-state index in [1.807, 2.05) is 37.3 Å². The van der Waals surface area contributed by atoms with Crippen molar-refractivity contribution in [3.05, 3.63) is 30.3 Å². The van der Waals surface area contributed by atoms with E-state index < -0.39 is 5.55 Å². The van der Waals surface area contributed by atoms with Crippen LogP contribution in [0.15, 0.2) is 35.2 Å². The fraction of sp³-hybridized carbons (Fsp3) is 0.500. The molecular formula is C12H19OPS2. The summed E-state index contributed by atoms with van der Waals surface area (Å²) in [6.45, 7) is 8.36. The van der Waals surface area contributed by atoms with Crippen LogP contribution in [0.1, 0.15) is 27.7 Å². The van der Waals surface area contributed by atoms with E-state index in [9.17, 15) is 4.57 Å². The van der Waals surface area contributed by atoms with E-state index in [1.54, 1.807) is 11.4 Å². The molecule has 1 rings (SSSR count). The molecule has 0 aliphatic rings. The van der Waals surface area contributed by atoms with Crippen LogP contribution in [0.3, 0.4) is 0 Å². The average molecular weight is 274 g/mol. The first-order chi connectivity index (χ1) is 7.35. The smallest absolute Gasteiger partial charge is 0.195 e. The minimum absolute atomic E-state index is 0.0489. The normalized spacial score (nSPS) is 15.8. The maximum atomic E-state index is 12.7. The molecule has 0 aliphatic carbocycles. The molecule has 0 saturated carbocycles. The van der Waals surface area contributed by atoms with Gasteiger partial charge in [-0.15, -0.1) is 0 Å². The van der Waals surface area contributed by atoms with E-state index in [4.69, 9.17) is 0 Å². The minimum Gasteiger partial charge on any atom is -0.300 e. The van der Waals surface area contributed by atoms with Gasteiger partial charge in [-0.05, 0) is 12.1 Å². The zero-order valence-corrected chi connectivity index (χ0v) is 12.8. The topological polar surface area (TPSA) is 17.1 Å². The Hall–Kier alpha value is 0.150. The Morgan fingerprint density at radius 2 is 1.75 bits per heavy atom. The summed E-state index contributed by atoms with van der Waals surface area (Å²) < 4.78 is 12.7. The van der Waals surface area contributed by atoms with Crippen LogP contribution in [0.2, 0.25) is 0 Å². The van der Waals surface area contributed by atoms with Crippen LogP contribution in [0, 0.1) is 0 Å². The number of hydrogen-bond acceptors (Lipinski definition) is 3. The van der Waals surface area contributed by atoms with Crippen molar-refractivity contribution < 1.29 is 4.57 Å². The first-order valence-corrected chi connectivity index (χ1v) is 10.1. The Morgan fingerprint density at radius 3 is 2.19 bits per heavy atom. The summed E-state index contributed by atoms with van der Waals surface area (Å²) >= 11 is 3.15. The summed E-state index contributed by atoms with van der Waals surface area (Å²) in [4.78, 5) is 1.10. The molecule has 0 aliphatic heterocycles. The van der Waals surface area contributed by atoms with Crippen molar-refractivity contribution in [3.8, 4) is 0 Å². The third kappa shape index (κ3) is 4.99. The summed E-state index contributed by atoms with van der Waals surface area (Å²) in [5, 5.41) is 0. The maximum Gasteiger partial charge on any atom is 0.195 e. The van der Waals surface area contributed by atoms with Gasteiger partial charge in [-0.2, -0.15) is 0 Å². The molecule has 1 unspecified atom stereocenters. The van der Waals surface area contributed by atoms with Gasteiger partial charge >= 0.3 is 0 Å². The van der Waals surface area contributed by atoms with Gasteiger partial charge in [0.05, 0.1) is 0 Å². The molecule has 0 amide bonds. The lowest BCUT2D eigenvalue weighted by Gasteiger charge is -2.24. The van der Waals surface area contributed by atoms with Gasteiger partial charge in [-0.25, -0.2) is 0 Å². The van der Waals surface area contributed by atoms with Gasteiger partial charge in [0.25, 0.3) is 0 Å². The van der Waals surface area contributed by atoms with Gasteiger partial charge in [0, 0.05) is 15.8 Å². The molecule has 0 N–H and O–H groups in total. The van der Waals surface area contributed by atoms with E-state index in [1.165, 1.54) is 11.4 Å². The lowest BCUT2D eigenvalue weighted by molar-refractivity contribution is 0.594. The minimum atomic E-state index is -2.21. The SMILES string of the molecule is CCP(=O)(Sc1ccccc1)SC(C)(C)C. The van der Waals surface area contributed by atoms with Gasteiger partial charge in [0.2, 0.25) is 0 Å². The third-order valence-corrected chi connectivity index (χ3v) is 11.0. The van der Waals surface area contributed by atoms with Gasteiger partial charge in [-0.3, -0.25) is 0 Å². The Kier molecular flexibility index (Phi) is 5.03. The third-order valence-electron chi connectivity index (χ3n) is 1.79. The Bertz CT molecular complexity index is 370. The Balaban J connectivity index is 2.79. The quantitative estimate of drug-likeness (QED) is 0.672. The zero-order chi connectivity index (χ0) is 12.2. The van der Waals surface area contributed by atoms with E-state index >= 15 is 0 Å².